The molecule has 2 amide bonds. The molecular formula is C24H25N3O5. The predicted molar refractivity (Wildman–Crippen MR) is 122 cm³/mol. The smallest absolute Gasteiger partial charge is 0.319 e. The maximum atomic E-state index is 12.6. The monoisotopic (exact) mass is 435 g/mol. The molecule has 0 spiro atoms. The molecule has 2 aromatic carbocycles. The Labute approximate surface area is 185 Å². The molecule has 0 aliphatic carbocycles. The van der Waals surface area contributed by atoms with Gasteiger partial charge in [-0.05, 0) is 42.2 Å². The number of carbonyl (C=O) groups excluding carboxylic acids is 1. The number of aromatic nitrogens is 1. The first kappa shape index (κ1) is 22.6. The van der Waals surface area contributed by atoms with E-state index < -0.39 is 23.6 Å². The lowest BCUT2D eigenvalue weighted by Gasteiger charge is -2.19. The van der Waals surface area contributed by atoms with Gasteiger partial charge in [0.25, 0.3) is 5.56 Å². The fraction of sp³-hybridized carbons (Fsp3) is 0.208. The summed E-state index contributed by atoms with van der Waals surface area (Å²) in [5, 5.41) is 24.4. The SMILES string of the molecule is Cc1ccccc1-c1cccc([C@H](CC(=O)O)NC(=O)Nc2c(O)cc(C)n(C)c2=O)c1. The number of amides is 2. The van der Waals surface area contributed by atoms with Crippen molar-refractivity contribution in [3.05, 3.63) is 81.8 Å². The predicted octanol–water partition coefficient (Wildman–Crippen LogP) is 3.71. The molecule has 3 rings (SSSR count). The molecular weight excluding hydrogens is 410 g/mol. The fourth-order valence-corrected chi connectivity index (χ4v) is 3.48. The average Bonchev–Trinajstić information content (AvgIpc) is 2.75. The fourth-order valence-electron chi connectivity index (χ4n) is 3.48. The maximum Gasteiger partial charge on any atom is 0.319 e. The molecule has 0 saturated heterocycles. The van der Waals surface area contributed by atoms with Crippen molar-refractivity contribution in [1.29, 1.82) is 0 Å². The van der Waals surface area contributed by atoms with Crippen LogP contribution in [0, 0.1) is 13.8 Å². The van der Waals surface area contributed by atoms with Crippen LogP contribution in [0.1, 0.15) is 29.3 Å². The number of rotatable bonds is 6. The Balaban J connectivity index is 1.89. The lowest BCUT2D eigenvalue weighted by molar-refractivity contribution is -0.137. The summed E-state index contributed by atoms with van der Waals surface area (Å²) in [6.45, 7) is 3.63. The Bertz CT molecular complexity index is 1230. The van der Waals surface area contributed by atoms with Crippen LogP contribution in [0.2, 0.25) is 0 Å². The standard InChI is InChI=1S/C24H25N3O5/c1-14-7-4-5-10-18(14)16-8-6-9-17(12-16)19(13-21(29)30)25-24(32)26-22-20(28)11-15(2)27(3)23(22)31/h4-12,19,28H,13H2,1-3H3,(H,29,30)(H2,25,26,32)/t19-/m0/s1. The van der Waals surface area contributed by atoms with Gasteiger partial charge in [0.1, 0.15) is 5.75 Å². The van der Waals surface area contributed by atoms with Crippen LogP contribution >= 0.6 is 0 Å². The molecule has 0 aliphatic rings. The van der Waals surface area contributed by atoms with Gasteiger partial charge in [0.15, 0.2) is 5.69 Å². The third-order valence-corrected chi connectivity index (χ3v) is 5.32. The van der Waals surface area contributed by atoms with Crippen LogP contribution in [0.15, 0.2) is 59.4 Å². The van der Waals surface area contributed by atoms with Gasteiger partial charge in [0, 0.05) is 18.8 Å². The molecule has 1 heterocycles. The zero-order valence-electron chi connectivity index (χ0n) is 18.0. The number of urea groups is 1. The maximum absolute atomic E-state index is 12.6. The number of hydrogen-bond acceptors (Lipinski definition) is 4. The molecule has 0 radical (unpaired) electrons. The second kappa shape index (κ2) is 9.38. The summed E-state index contributed by atoms with van der Waals surface area (Å²) >= 11 is 0. The van der Waals surface area contributed by atoms with Gasteiger partial charge in [-0.15, -0.1) is 0 Å². The highest BCUT2D eigenvalue weighted by atomic mass is 16.4. The van der Waals surface area contributed by atoms with Gasteiger partial charge < -0.3 is 25.4 Å². The molecule has 0 bridgehead atoms. The topological polar surface area (TPSA) is 121 Å². The molecule has 3 aromatic rings. The largest absolute Gasteiger partial charge is 0.505 e. The number of carboxylic acids is 1. The second-order valence-corrected chi connectivity index (χ2v) is 7.60. The second-order valence-electron chi connectivity index (χ2n) is 7.60. The highest BCUT2D eigenvalue weighted by Gasteiger charge is 2.21. The van der Waals surface area contributed by atoms with Gasteiger partial charge in [-0.1, -0.05) is 42.5 Å². The molecule has 0 aliphatic heterocycles. The number of aliphatic carboxylic acids is 1. The van der Waals surface area contributed by atoms with E-state index in [0.717, 1.165) is 16.7 Å². The minimum atomic E-state index is -1.09. The van der Waals surface area contributed by atoms with Gasteiger partial charge in [0.2, 0.25) is 0 Å². The van der Waals surface area contributed by atoms with Gasteiger partial charge in [-0.25, -0.2) is 4.79 Å². The Kier molecular flexibility index (Phi) is 6.63. The Morgan fingerprint density at radius 3 is 2.47 bits per heavy atom. The lowest BCUT2D eigenvalue weighted by Crippen LogP contribution is -2.36. The van der Waals surface area contributed by atoms with Crippen LogP contribution in [-0.2, 0) is 11.8 Å². The minimum Gasteiger partial charge on any atom is -0.505 e. The molecule has 4 N–H and O–H groups in total. The molecule has 1 aromatic heterocycles. The average molecular weight is 435 g/mol. The van der Waals surface area contributed by atoms with Crippen LogP contribution in [0.3, 0.4) is 0 Å². The summed E-state index contributed by atoms with van der Waals surface area (Å²) < 4.78 is 1.29. The van der Waals surface area contributed by atoms with Crippen molar-refractivity contribution in [2.45, 2.75) is 26.3 Å². The number of nitrogens with one attached hydrogen (secondary N) is 2. The Morgan fingerprint density at radius 2 is 1.78 bits per heavy atom. The number of pyridine rings is 1. The van der Waals surface area contributed by atoms with E-state index in [2.05, 4.69) is 10.6 Å². The molecule has 166 valence electrons. The normalized spacial score (nSPS) is 11.6. The Hall–Kier alpha value is -4.07. The quantitative estimate of drug-likeness (QED) is 0.470. The van der Waals surface area contributed by atoms with Crippen LogP contribution in [-0.4, -0.2) is 26.8 Å². The van der Waals surface area contributed by atoms with Gasteiger partial charge in [-0.3, -0.25) is 9.59 Å². The zero-order valence-corrected chi connectivity index (χ0v) is 18.0. The summed E-state index contributed by atoms with van der Waals surface area (Å²) in [5.74, 6) is -1.46. The third-order valence-electron chi connectivity index (χ3n) is 5.32. The van der Waals surface area contributed by atoms with E-state index in [9.17, 15) is 24.6 Å². The zero-order chi connectivity index (χ0) is 23.4. The number of nitrogens with zero attached hydrogens (tertiary/aromatic N) is 1. The van der Waals surface area contributed by atoms with E-state index in [1.807, 2.05) is 43.3 Å². The van der Waals surface area contributed by atoms with Crippen LogP contribution in [0.25, 0.3) is 11.1 Å². The molecule has 0 fully saturated rings. The van der Waals surface area contributed by atoms with Gasteiger partial charge in [-0.2, -0.15) is 0 Å². The number of aryl methyl sites for hydroxylation is 2. The summed E-state index contributed by atoms with van der Waals surface area (Å²) in [6, 6.07) is 14.8. The van der Waals surface area contributed by atoms with Crippen molar-refractivity contribution in [3.8, 4) is 16.9 Å². The number of hydrogen-bond donors (Lipinski definition) is 4. The van der Waals surface area contributed by atoms with E-state index in [0.29, 0.717) is 11.3 Å². The van der Waals surface area contributed by atoms with Crippen molar-refractivity contribution in [1.82, 2.24) is 9.88 Å². The van der Waals surface area contributed by atoms with E-state index in [4.69, 9.17) is 0 Å². The summed E-state index contributed by atoms with van der Waals surface area (Å²) in [6.07, 6.45) is -0.359. The van der Waals surface area contributed by atoms with Crippen molar-refractivity contribution in [2.24, 2.45) is 7.05 Å². The van der Waals surface area contributed by atoms with Gasteiger partial charge in [0.05, 0.1) is 12.5 Å². The Morgan fingerprint density at radius 1 is 1.06 bits per heavy atom. The molecule has 8 nitrogen and oxygen atoms in total. The summed E-state index contributed by atoms with van der Waals surface area (Å²) in [4.78, 5) is 36.4. The third kappa shape index (κ3) is 4.97. The van der Waals surface area contributed by atoms with E-state index >= 15 is 0 Å². The van der Waals surface area contributed by atoms with Crippen LogP contribution < -0.4 is 16.2 Å². The first-order valence-electron chi connectivity index (χ1n) is 10.0. The number of benzene rings is 2. The first-order valence-corrected chi connectivity index (χ1v) is 10.0. The molecule has 1 atom stereocenters. The van der Waals surface area contributed by atoms with Crippen molar-refractivity contribution < 1.29 is 19.8 Å². The van der Waals surface area contributed by atoms with E-state index in [-0.39, 0.29) is 17.9 Å². The summed E-state index contributed by atoms with van der Waals surface area (Å²) in [5.41, 5.74) is 3.23. The minimum absolute atomic E-state index is 0.279. The van der Waals surface area contributed by atoms with E-state index in [1.165, 1.54) is 17.7 Å². The highest BCUT2D eigenvalue weighted by molar-refractivity contribution is 5.91. The first-order chi connectivity index (χ1) is 15.2. The molecule has 8 heteroatoms. The van der Waals surface area contributed by atoms with Gasteiger partial charge >= 0.3 is 12.0 Å². The van der Waals surface area contributed by atoms with Crippen molar-refractivity contribution in [2.75, 3.05) is 5.32 Å². The number of anilines is 1. The van der Waals surface area contributed by atoms with Crippen LogP contribution in [0.5, 0.6) is 5.75 Å². The van der Waals surface area contributed by atoms with Crippen LogP contribution in [0.4, 0.5) is 10.5 Å². The number of carbonyl (C=O) groups is 2. The number of aromatic hydroxyl groups is 1. The molecule has 0 unspecified atom stereocenters. The number of carboxylic acid groups (broad SMARTS) is 1. The highest BCUT2D eigenvalue weighted by Crippen LogP contribution is 2.27. The van der Waals surface area contributed by atoms with Crippen molar-refractivity contribution in [3.63, 3.8) is 0 Å². The lowest BCUT2D eigenvalue weighted by atomic mass is 9.95. The van der Waals surface area contributed by atoms with Crippen molar-refractivity contribution >= 4 is 17.7 Å². The summed E-state index contributed by atoms with van der Waals surface area (Å²) in [7, 11) is 1.52. The van der Waals surface area contributed by atoms with E-state index in [1.54, 1.807) is 19.1 Å². The molecule has 0 saturated carbocycles. The molecule has 32 heavy (non-hydrogen) atoms.